The minimum absolute atomic E-state index is 0.0352. The summed E-state index contributed by atoms with van der Waals surface area (Å²) >= 11 is 0. The molecule has 0 bridgehead atoms. The Hall–Kier alpha value is -2.19. The van der Waals surface area contributed by atoms with Crippen molar-refractivity contribution in [2.75, 3.05) is 31.2 Å². The number of nitro groups is 1. The molecule has 136 valence electrons. The Bertz CT molecular complexity index is 658. The topological polar surface area (TPSA) is 83.8 Å². The van der Waals surface area contributed by atoms with E-state index < -0.39 is 12.7 Å². The third-order valence-electron chi connectivity index (χ3n) is 2.64. The first-order valence-electron chi connectivity index (χ1n) is 6.20. The second kappa shape index (κ2) is 6.03. The standard InChI is InChI=1S/C10H11N4O3.F6P/c11-12-9-2-1-8(7-10(9)14(15)16)13-3-5-17-6-4-13;1-7(2,3,4,5)6/h1-2,7H,3-6H2;/q+1;-1. The monoisotopic (exact) mass is 380 g/mol. The Morgan fingerprint density at radius 2 is 1.67 bits per heavy atom. The summed E-state index contributed by atoms with van der Waals surface area (Å²) < 4.78 is 64.4. The van der Waals surface area contributed by atoms with E-state index in [0.29, 0.717) is 26.3 Å². The molecule has 1 aliphatic rings. The number of diazo groups is 1. The van der Waals surface area contributed by atoms with Crippen molar-refractivity contribution in [2.45, 2.75) is 0 Å². The Balaban J connectivity index is 0.000000351. The fourth-order valence-corrected chi connectivity index (χ4v) is 1.76. The van der Waals surface area contributed by atoms with E-state index in [1.807, 2.05) is 4.90 Å². The Kier molecular flexibility index (Phi) is 4.99. The summed E-state index contributed by atoms with van der Waals surface area (Å²) in [6.07, 6.45) is 0. The molecule has 14 heteroatoms. The summed E-state index contributed by atoms with van der Waals surface area (Å²) in [5.41, 5.74) is 0.510. The molecule has 0 radical (unpaired) electrons. The van der Waals surface area contributed by atoms with Gasteiger partial charge < -0.3 is 9.64 Å². The van der Waals surface area contributed by atoms with Crippen LogP contribution in [-0.2, 0) is 4.74 Å². The Labute approximate surface area is 130 Å². The van der Waals surface area contributed by atoms with E-state index >= 15 is 0 Å². The zero-order valence-electron chi connectivity index (χ0n) is 11.8. The fraction of sp³-hybridized carbons (Fsp3) is 0.400. The quantitative estimate of drug-likeness (QED) is 0.229. The normalized spacial score (nSPS) is 17.6. The molecule has 0 unspecified atom stereocenters. The average molecular weight is 380 g/mol. The molecule has 0 spiro atoms. The van der Waals surface area contributed by atoms with Crippen LogP contribution >= 0.6 is 7.81 Å². The van der Waals surface area contributed by atoms with Crippen molar-refractivity contribution < 1.29 is 34.8 Å². The van der Waals surface area contributed by atoms with E-state index in [4.69, 9.17) is 10.1 Å². The number of anilines is 1. The van der Waals surface area contributed by atoms with E-state index in [9.17, 15) is 35.3 Å². The summed E-state index contributed by atoms with van der Waals surface area (Å²) in [7, 11) is -10.7. The number of rotatable bonds is 2. The molecular weight excluding hydrogens is 369 g/mol. The van der Waals surface area contributed by atoms with Gasteiger partial charge in [0, 0.05) is 30.9 Å². The zero-order chi connectivity index (χ0) is 18.7. The van der Waals surface area contributed by atoms with Crippen LogP contribution in [-0.4, -0.2) is 31.2 Å². The molecule has 0 saturated carbocycles. The third-order valence-corrected chi connectivity index (χ3v) is 2.64. The van der Waals surface area contributed by atoms with Gasteiger partial charge in [0.1, 0.15) is 0 Å². The molecule has 0 aliphatic carbocycles. The molecule has 0 N–H and O–H groups in total. The van der Waals surface area contributed by atoms with Crippen molar-refractivity contribution in [2.24, 2.45) is 0 Å². The van der Waals surface area contributed by atoms with Crippen LogP contribution in [0, 0.1) is 15.5 Å². The number of hydrogen-bond donors (Lipinski definition) is 0. The molecule has 1 heterocycles. The third kappa shape index (κ3) is 8.44. The minimum Gasteiger partial charge on any atom is -0.378 e. The van der Waals surface area contributed by atoms with Gasteiger partial charge in [0.05, 0.1) is 18.1 Å². The molecule has 24 heavy (non-hydrogen) atoms. The van der Waals surface area contributed by atoms with Crippen LogP contribution in [0.4, 0.5) is 42.2 Å². The molecular formula is C10H11F6N4O3P. The van der Waals surface area contributed by atoms with Gasteiger partial charge in [0.25, 0.3) is 0 Å². The first kappa shape index (κ1) is 19.9. The molecule has 1 aromatic rings. The van der Waals surface area contributed by atoms with Gasteiger partial charge in [-0.2, -0.15) is 0 Å². The van der Waals surface area contributed by atoms with Gasteiger partial charge in [-0.1, -0.05) is 0 Å². The number of morpholine rings is 1. The maximum atomic E-state index is 10.8. The minimum atomic E-state index is -10.7. The van der Waals surface area contributed by atoms with Gasteiger partial charge in [0.2, 0.25) is 5.39 Å². The number of ether oxygens (including phenoxy) is 1. The van der Waals surface area contributed by atoms with Crippen molar-refractivity contribution >= 4 is 24.9 Å². The van der Waals surface area contributed by atoms with Gasteiger partial charge in [-0.15, -0.1) is 0 Å². The van der Waals surface area contributed by atoms with E-state index in [0.717, 1.165) is 5.69 Å². The van der Waals surface area contributed by atoms with Crippen molar-refractivity contribution in [3.05, 3.63) is 33.3 Å². The molecule has 7 nitrogen and oxygen atoms in total. The number of nitrogens with zero attached hydrogens (tertiary/aromatic N) is 4. The summed E-state index contributed by atoms with van der Waals surface area (Å²) in [4.78, 5) is 15.1. The van der Waals surface area contributed by atoms with Crippen LogP contribution in [0.15, 0.2) is 18.2 Å². The van der Waals surface area contributed by atoms with Crippen molar-refractivity contribution in [3.63, 3.8) is 0 Å². The van der Waals surface area contributed by atoms with Crippen LogP contribution in [0.5, 0.6) is 0 Å². The predicted molar refractivity (Wildman–Crippen MR) is 74.4 cm³/mol. The van der Waals surface area contributed by atoms with Gasteiger partial charge >= 0.3 is 44.4 Å². The smallest absolute Gasteiger partial charge is 0.378 e. The molecule has 1 saturated heterocycles. The molecule has 1 aliphatic heterocycles. The van der Waals surface area contributed by atoms with E-state index in [-0.39, 0.29) is 11.4 Å². The van der Waals surface area contributed by atoms with Crippen LogP contribution in [0.2, 0.25) is 0 Å². The second-order valence-corrected chi connectivity index (χ2v) is 6.50. The van der Waals surface area contributed by atoms with Crippen molar-refractivity contribution in [1.29, 1.82) is 5.39 Å². The van der Waals surface area contributed by atoms with Gasteiger partial charge in [-0.3, -0.25) is 10.1 Å². The first-order chi connectivity index (χ1) is 10.7. The van der Waals surface area contributed by atoms with Crippen molar-refractivity contribution in [3.8, 4) is 0 Å². The van der Waals surface area contributed by atoms with E-state index in [2.05, 4.69) is 4.98 Å². The summed E-state index contributed by atoms with van der Waals surface area (Å²) in [6.45, 7) is 2.62. The molecule has 0 aromatic heterocycles. The predicted octanol–water partition coefficient (Wildman–Crippen LogP) is 5.30. The molecule has 1 fully saturated rings. The maximum Gasteiger partial charge on any atom is 0.461 e. The summed E-state index contributed by atoms with van der Waals surface area (Å²) in [6, 6.07) is 4.55. The summed E-state index contributed by atoms with van der Waals surface area (Å²) in [5, 5.41) is 19.5. The number of benzene rings is 1. The van der Waals surface area contributed by atoms with Crippen LogP contribution in [0.25, 0.3) is 4.98 Å². The van der Waals surface area contributed by atoms with E-state index in [1.165, 1.54) is 12.1 Å². The second-order valence-electron chi connectivity index (χ2n) is 4.59. The average Bonchev–Trinajstić information content (AvgIpc) is 2.44. The maximum absolute atomic E-state index is 10.8. The van der Waals surface area contributed by atoms with Crippen LogP contribution in [0.3, 0.4) is 0 Å². The fourth-order valence-electron chi connectivity index (χ4n) is 1.76. The first-order valence-corrected chi connectivity index (χ1v) is 8.23. The van der Waals surface area contributed by atoms with Crippen LogP contribution < -0.4 is 4.90 Å². The molecule has 1 aromatic carbocycles. The van der Waals surface area contributed by atoms with Gasteiger partial charge in [-0.05, 0) is 6.07 Å². The molecule has 2 rings (SSSR count). The number of nitro benzene ring substituents is 1. The Morgan fingerprint density at radius 1 is 1.17 bits per heavy atom. The number of hydrogen-bond acceptors (Lipinski definition) is 5. The largest absolute Gasteiger partial charge is 0.461 e. The molecule has 0 amide bonds. The van der Waals surface area contributed by atoms with E-state index in [1.54, 1.807) is 6.07 Å². The van der Waals surface area contributed by atoms with Gasteiger partial charge in [-0.25, -0.2) is 0 Å². The SMILES string of the molecule is F[P-](F)(F)(F)(F)F.N#[N+]c1ccc(N2CCOCC2)cc1[N+](=O)[O-]. The number of halogens is 6. The van der Waals surface area contributed by atoms with Gasteiger partial charge in [0.15, 0.2) is 4.98 Å². The molecule has 0 atom stereocenters. The Morgan fingerprint density at radius 3 is 2.08 bits per heavy atom. The zero-order valence-corrected chi connectivity index (χ0v) is 12.7. The van der Waals surface area contributed by atoms with Crippen molar-refractivity contribution in [1.82, 2.24) is 0 Å². The van der Waals surface area contributed by atoms with Crippen LogP contribution in [0.1, 0.15) is 0 Å². The summed E-state index contributed by atoms with van der Waals surface area (Å²) in [5.74, 6) is 0.